The highest BCUT2D eigenvalue weighted by atomic mass is 16.5. The first-order valence-corrected chi connectivity index (χ1v) is 11.5. The van der Waals surface area contributed by atoms with Gasteiger partial charge in [0.15, 0.2) is 6.10 Å². The zero-order valence-corrected chi connectivity index (χ0v) is 18.9. The van der Waals surface area contributed by atoms with Gasteiger partial charge in [-0.25, -0.2) is 4.79 Å². The summed E-state index contributed by atoms with van der Waals surface area (Å²) in [6, 6.07) is 23.7. The Morgan fingerprint density at radius 2 is 1.31 bits per heavy atom. The van der Waals surface area contributed by atoms with Crippen molar-refractivity contribution in [1.29, 1.82) is 0 Å². The molecule has 0 radical (unpaired) electrons. The third-order valence-electron chi connectivity index (χ3n) is 6.47. The van der Waals surface area contributed by atoms with Crippen molar-refractivity contribution in [2.75, 3.05) is 4.90 Å². The van der Waals surface area contributed by atoms with Crippen LogP contribution in [0.2, 0.25) is 0 Å². The summed E-state index contributed by atoms with van der Waals surface area (Å²) in [6.45, 7) is 0. The molecule has 1 aliphatic heterocycles. The van der Waals surface area contributed by atoms with Gasteiger partial charge in [-0.1, -0.05) is 78.9 Å². The van der Waals surface area contributed by atoms with Crippen LogP contribution in [0.5, 0.6) is 0 Å². The molecule has 6 nitrogen and oxygen atoms in total. The zero-order valence-electron chi connectivity index (χ0n) is 18.9. The normalized spacial score (nSPS) is 19.8. The van der Waals surface area contributed by atoms with Crippen LogP contribution in [0.3, 0.4) is 0 Å². The maximum absolute atomic E-state index is 13.2. The lowest BCUT2D eigenvalue weighted by molar-refractivity contribution is -0.122. The fraction of sp³-hybridized carbons (Fsp3) is 0.172. The number of anilines is 1. The van der Waals surface area contributed by atoms with E-state index in [-0.39, 0.29) is 35.0 Å². The summed E-state index contributed by atoms with van der Waals surface area (Å²) in [5.74, 6) is -2.30. The number of benzene rings is 3. The van der Waals surface area contributed by atoms with Crippen molar-refractivity contribution in [3.05, 3.63) is 114 Å². The summed E-state index contributed by atoms with van der Waals surface area (Å²) in [5.41, 5.74) is 1.45. The molecule has 1 fully saturated rings. The molecule has 5 rings (SSSR count). The van der Waals surface area contributed by atoms with Crippen LogP contribution in [0.15, 0.2) is 97.1 Å². The summed E-state index contributed by atoms with van der Waals surface area (Å²) >= 11 is 0. The van der Waals surface area contributed by atoms with Gasteiger partial charge >= 0.3 is 5.97 Å². The number of ether oxygens (including phenoxy) is 1. The lowest BCUT2D eigenvalue weighted by atomic mass is 9.85. The zero-order chi connectivity index (χ0) is 24.4. The van der Waals surface area contributed by atoms with Gasteiger partial charge in [0.1, 0.15) is 0 Å². The molecule has 0 saturated carbocycles. The number of carbonyl (C=O) groups excluding carboxylic acids is 4. The molecule has 0 bridgehead atoms. The molecular formula is C29H23NO5. The molecule has 1 saturated heterocycles. The fourth-order valence-corrected chi connectivity index (χ4v) is 4.66. The third-order valence-corrected chi connectivity index (χ3v) is 6.47. The Bertz CT molecular complexity index is 1290. The van der Waals surface area contributed by atoms with Gasteiger partial charge in [0.05, 0.1) is 23.1 Å². The van der Waals surface area contributed by atoms with Crippen molar-refractivity contribution in [3.63, 3.8) is 0 Å². The third kappa shape index (κ3) is 4.30. The first kappa shape index (κ1) is 22.5. The van der Waals surface area contributed by atoms with Crippen LogP contribution in [0.25, 0.3) is 0 Å². The van der Waals surface area contributed by atoms with E-state index in [1.54, 1.807) is 72.8 Å². The predicted octanol–water partition coefficient (Wildman–Crippen LogP) is 4.92. The molecule has 3 atom stereocenters. The van der Waals surface area contributed by atoms with Gasteiger partial charge in [-0.15, -0.1) is 0 Å². The van der Waals surface area contributed by atoms with Crippen molar-refractivity contribution >= 4 is 29.3 Å². The van der Waals surface area contributed by atoms with E-state index in [0.29, 0.717) is 29.7 Å². The minimum Gasteiger partial charge on any atom is -0.445 e. The number of allylic oxidation sites excluding steroid dienone is 2. The van der Waals surface area contributed by atoms with Crippen molar-refractivity contribution < 1.29 is 23.9 Å². The molecule has 2 aliphatic rings. The van der Waals surface area contributed by atoms with Gasteiger partial charge in [-0.2, -0.15) is 0 Å². The van der Waals surface area contributed by atoms with Crippen molar-refractivity contribution in [3.8, 4) is 0 Å². The molecule has 3 aromatic carbocycles. The molecule has 0 spiro atoms. The molecule has 0 unspecified atom stereocenters. The van der Waals surface area contributed by atoms with Crippen LogP contribution in [0.1, 0.15) is 45.2 Å². The number of ketones is 1. The first-order valence-electron chi connectivity index (χ1n) is 11.5. The standard InChI is InChI=1S/C29H23NO5/c31-25(19-10-3-1-4-11-19)26(20-12-5-2-6-13-20)35-29(34)21-14-9-15-22(18-21)30-27(32)23-16-7-8-17-24(23)28(30)33/h1-15,18,23-24,26H,16-17H2/t23-,24-,26+/m0/s1. The van der Waals surface area contributed by atoms with Gasteiger partial charge in [0.2, 0.25) is 17.6 Å². The van der Waals surface area contributed by atoms with Crippen LogP contribution in [0.4, 0.5) is 5.69 Å². The molecule has 0 N–H and O–H groups in total. The van der Waals surface area contributed by atoms with Crippen LogP contribution >= 0.6 is 0 Å². The van der Waals surface area contributed by atoms with E-state index in [9.17, 15) is 19.2 Å². The quantitative estimate of drug-likeness (QED) is 0.223. The molecule has 6 heteroatoms. The number of hydrogen-bond donors (Lipinski definition) is 0. The minimum atomic E-state index is -1.14. The number of esters is 1. The van der Waals surface area contributed by atoms with E-state index in [4.69, 9.17) is 4.74 Å². The molecule has 2 amide bonds. The lowest BCUT2D eigenvalue weighted by Crippen LogP contribution is -2.31. The van der Waals surface area contributed by atoms with Crippen LogP contribution in [-0.4, -0.2) is 23.6 Å². The van der Waals surface area contributed by atoms with Crippen LogP contribution < -0.4 is 4.90 Å². The Kier molecular flexibility index (Phi) is 6.10. The molecule has 35 heavy (non-hydrogen) atoms. The monoisotopic (exact) mass is 465 g/mol. The van der Waals surface area contributed by atoms with E-state index >= 15 is 0 Å². The van der Waals surface area contributed by atoms with E-state index in [0.717, 1.165) is 0 Å². The van der Waals surface area contributed by atoms with Crippen LogP contribution in [0, 0.1) is 11.8 Å². The first-order chi connectivity index (χ1) is 17.0. The largest absolute Gasteiger partial charge is 0.445 e. The van der Waals surface area contributed by atoms with Gasteiger partial charge in [-0.05, 0) is 31.0 Å². The molecule has 0 aromatic heterocycles. The van der Waals surface area contributed by atoms with E-state index in [1.165, 1.54) is 11.0 Å². The smallest absolute Gasteiger partial charge is 0.339 e. The summed E-state index contributed by atoms with van der Waals surface area (Å²) in [4.78, 5) is 53.5. The van der Waals surface area contributed by atoms with Gasteiger partial charge in [0, 0.05) is 11.1 Å². The summed E-state index contributed by atoms with van der Waals surface area (Å²) in [5, 5.41) is 0. The Morgan fingerprint density at radius 3 is 1.94 bits per heavy atom. The lowest BCUT2D eigenvalue weighted by Gasteiger charge is -2.19. The second kappa shape index (κ2) is 9.50. The predicted molar refractivity (Wildman–Crippen MR) is 130 cm³/mol. The Morgan fingerprint density at radius 1 is 0.743 bits per heavy atom. The number of imide groups is 1. The SMILES string of the molecule is O=C(O[C@@H](C(=O)c1ccccc1)c1ccccc1)c1cccc(N2C(=O)[C@H]3CC=CC[C@@H]3C2=O)c1. The Balaban J connectivity index is 1.42. The van der Waals surface area contributed by atoms with E-state index in [1.807, 2.05) is 18.2 Å². The number of carbonyl (C=O) groups is 4. The van der Waals surface area contributed by atoms with Crippen LogP contribution in [-0.2, 0) is 14.3 Å². The van der Waals surface area contributed by atoms with Crippen molar-refractivity contribution in [2.24, 2.45) is 11.8 Å². The summed E-state index contributed by atoms with van der Waals surface area (Å²) < 4.78 is 5.72. The molecule has 1 aliphatic carbocycles. The number of hydrogen-bond acceptors (Lipinski definition) is 5. The molecular weight excluding hydrogens is 442 g/mol. The average molecular weight is 466 g/mol. The maximum atomic E-state index is 13.2. The Hall–Kier alpha value is -4.32. The number of Topliss-reactive ketones (excluding diaryl/α,β-unsaturated/α-hetero) is 1. The van der Waals surface area contributed by atoms with Gasteiger partial charge in [0.25, 0.3) is 0 Å². The highest BCUT2D eigenvalue weighted by Gasteiger charge is 2.47. The summed E-state index contributed by atoms with van der Waals surface area (Å²) in [6.07, 6.45) is 3.79. The molecule has 3 aromatic rings. The fourth-order valence-electron chi connectivity index (χ4n) is 4.66. The van der Waals surface area contributed by atoms with Crippen molar-refractivity contribution in [1.82, 2.24) is 0 Å². The topological polar surface area (TPSA) is 80.8 Å². The van der Waals surface area contributed by atoms with Gasteiger partial charge in [-0.3, -0.25) is 19.3 Å². The van der Waals surface area contributed by atoms with Crippen molar-refractivity contribution in [2.45, 2.75) is 18.9 Å². The number of fused-ring (bicyclic) bond motifs is 1. The number of nitrogens with zero attached hydrogens (tertiary/aromatic N) is 1. The highest BCUT2D eigenvalue weighted by molar-refractivity contribution is 6.22. The molecule has 1 heterocycles. The second-order valence-electron chi connectivity index (χ2n) is 8.64. The van der Waals surface area contributed by atoms with E-state index < -0.39 is 12.1 Å². The second-order valence-corrected chi connectivity index (χ2v) is 8.64. The van der Waals surface area contributed by atoms with Gasteiger partial charge < -0.3 is 4.74 Å². The number of amides is 2. The highest BCUT2D eigenvalue weighted by Crippen LogP contribution is 2.38. The average Bonchev–Trinajstić information content (AvgIpc) is 3.17. The Labute approximate surface area is 202 Å². The molecule has 174 valence electrons. The summed E-state index contributed by atoms with van der Waals surface area (Å²) in [7, 11) is 0. The van der Waals surface area contributed by atoms with E-state index in [2.05, 4.69) is 0 Å². The number of rotatable bonds is 6. The maximum Gasteiger partial charge on any atom is 0.339 e. The minimum absolute atomic E-state index is 0.151.